The normalized spacial score (nSPS) is 10.4. The van der Waals surface area contributed by atoms with Crippen molar-refractivity contribution in [3.8, 4) is 16.9 Å². The highest BCUT2D eigenvalue weighted by molar-refractivity contribution is 6.30. The smallest absolute Gasteiger partial charge is 0.407 e. The van der Waals surface area contributed by atoms with Gasteiger partial charge in [0.25, 0.3) is 0 Å². The first-order chi connectivity index (χ1) is 14.0. The van der Waals surface area contributed by atoms with Crippen LogP contribution in [0.2, 0.25) is 5.02 Å². The molecule has 3 rings (SSSR count). The Morgan fingerprint density at radius 3 is 2.48 bits per heavy atom. The molecule has 0 radical (unpaired) electrons. The van der Waals surface area contributed by atoms with Gasteiger partial charge in [-0.3, -0.25) is 4.79 Å². The van der Waals surface area contributed by atoms with Gasteiger partial charge in [0.2, 0.25) is 5.91 Å². The third kappa shape index (κ3) is 5.14. The number of methoxy groups -OCH3 is 1. The van der Waals surface area contributed by atoms with Crippen LogP contribution in [0.1, 0.15) is 5.56 Å². The van der Waals surface area contributed by atoms with E-state index in [9.17, 15) is 9.59 Å². The zero-order chi connectivity index (χ0) is 20.8. The van der Waals surface area contributed by atoms with E-state index in [4.69, 9.17) is 16.7 Å². The van der Waals surface area contributed by atoms with Gasteiger partial charge in [-0.1, -0.05) is 41.9 Å². The van der Waals surface area contributed by atoms with Crippen LogP contribution < -0.4 is 5.32 Å². The highest BCUT2D eigenvalue weighted by Gasteiger charge is 2.17. The predicted molar refractivity (Wildman–Crippen MR) is 111 cm³/mol. The highest BCUT2D eigenvalue weighted by atomic mass is 35.5. The third-order valence-corrected chi connectivity index (χ3v) is 4.58. The molecule has 29 heavy (non-hydrogen) atoms. The van der Waals surface area contributed by atoms with Crippen molar-refractivity contribution in [3.63, 3.8) is 0 Å². The van der Waals surface area contributed by atoms with E-state index in [2.05, 4.69) is 10.1 Å². The predicted octanol–water partition coefficient (Wildman–Crippen LogP) is 3.51. The van der Waals surface area contributed by atoms with E-state index in [1.807, 2.05) is 48.7 Å². The quantitative estimate of drug-likeness (QED) is 0.672. The summed E-state index contributed by atoms with van der Waals surface area (Å²) in [7, 11) is 2.92. The molecular weight excluding hydrogens is 392 g/mol. The zero-order valence-electron chi connectivity index (χ0n) is 16.1. The number of hydrogen-bond donors (Lipinski definition) is 1. The summed E-state index contributed by atoms with van der Waals surface area (Å²) in [5.41, 5.74) is 3.43. The van der Waals surface area contributed by atoms with Crippen LogP contribution in [-0.4, -0.2) is 47.4 Å². The summed E-state index contributed by atoms with van der Waals surface area (Å²) in [5, 5.41) is 7.76. The topological polar surface area (TPSA) is 76.5 Å². The van der Waals surface area contributed by atoms with Gasteiger partial charge in [-0.15, -0.1) is 0 Å². The van der Waals surface area contributed by atoms with E-state index in [0.29, 0.717) is 11.6 Å². The number of amides is 2. The first kappa shape index (κ1) is 20.4. The lowest BCUT2D eigenvalue weighted by atomic mass is 10.1. The maximum Gasteiger partial charge on any atom is 0.407 e. The molecule has 1 heterocycles. The molecule has 0 aliphatic carbocycles. The molecule has 0 saturated carbocycles. The molecule has 3 aromatic rings. The van der Waals surface area contributed by atoms with E-state index in [1.165, 1.54) is 12.0 Å². The van der Waals surface area contributed by atoms with Gasteiger partial charge in [-0.05, 0) is 24.3 Å². The van der Waals surface area contributed by atoms with E-state index >= 15 is 0 Å². The van der Waals surface area contributed by atoms with Crippen LogP contribution in [0.3, 0.4) is 0 Å². The Labute approximate surface area is 173 Å². The Bertz CT molecular complexity index is 987. The molecule has 7 nitrogen and oxygen atoms in total. The number of halogens is 1. The van der Waals surface area contributed by atoms with Crippen LogP contribution >= 0.6 is 11.6 Å². The van der Waals surface area contributed by atoms with Crippen molar-refractivity contribution in [1.82, 2.24) is 20.0 Å². The van der Waals surface area contributed by atoms with Crippen LogP contribution in [-0.2, 0) is 16.1 Å². The van der Waals surface area contributed by atoms with E-state index < -0.39 is 6.09 Å². The lowest BCUT2D eigenvalue weighted by Gasteiger charge is -2.17. The fourth-order valence-electron chi connectivity index (χ4n) is 2.79. The summed E-state index contributed by atoms with van der Waals surface area (Å²) in [6, 6.07) is 17.1. The average molecular weight is 413 g/mol. The minimum atomic E-state index is -0.648. The number of likely N-dealkylation sites (N-methyl/N-ethyl adjacent to an activating group) is 1. The summed E-state index contributed by atoms with van der Waals surface area (Å²) < 4.78 is 6.27. The fourth-order valence-corrected chi connectivity index (χ4v) is 2.91. The summed E-state index contributed by atoms with van der Waals surface area (Å²) >= 11 is 6.01. The second kappa shape index (κ2) is 9.25. The maximum absolute atomic E-state index is 12.3. The molecule has 0 bridgehead atoms. The summed E-state index contributed by atoms with van der Waals surface area (Å²) in [6.45, 7) is 0.179. The maximum atomic E-state index is 12.3. The molecule has 150 valence electrons. The molecule has 2 amide bonds. The van der Waals surface area contributed by atoms with Crippen molar-refractivity contribution < 1.29 is 14.3 Å². The van der Waals surface area contributed by atoms with Crippen molar-refractivity contribution in [2.24, 2.45) is 0 Å². The van der Waals surface area contributed by atoms with Gasteiger partial charge in [0.15, 0.2) is 0 Å². The van der Waals surface area contributed by atoms with E-state index in [1.54, 1.807) is 23.9 Å². The van der Waals surface area contributed by atoms with Crippen molar-refractivity contribution >= 4 is 23.6 Å². The molecule has 1 N–H and O–H groups in total. The number of ether oxygens (including phenoxy) is 1. The number of alkyl carbamates (subject to hydrolysis) is 1. The van der Waals surface area contributed by atoms with E-state index in [-0.39, 0.29) is 12.5 Å². The van der Waals surface area contributed by atoms with Crippen molar-refractivity contribution in [2.75, 3.05) is 20.7 Å². The highest BCUT2D eigenvalue weighted by Crippen LogP contribution is 2.26. The fraction of sp³-hybridized carbons (Fsp3) is 0.190. The van der Waals surface area contributed by atoms with Crippen molar-refractivity contribution in [1.29, 1.82) is 0 Å². The Morgan fingerprint density at radius 1 is 1.14 bits per heavy atom. The average Bonchev–Trinajstić information content (AvgIpc) is 3.16. The number of benzene rings is 2. The zero-order valence-corrected chi connectivity index (χ0v) is 16.9. The first-order valence-electron chi connectivity index (χ1n) is 8.93. The molecule has 0 aliphatic rings. The van der Waals surface area contributed by atoms with Gasteiger partial charge < -0.3 is 15.0 Å². The minimum absolute atomic E-state index is 0.147. The third-order valence-electron chi connectivity index (χ3n) is 4.33. The Morgan fingerprint density at radius 2 is 1.83 bits per heavy atom. The Hall–Kier alpha value is -3.32. The molecule has 0 fully saturated rings. The van der Waals surface area contributed by atoms with Crippen LogP contribution in [0.15, 0.2) is 60.8 Å². The lowest BCUT2D eigenvalue weighted by molar-refractivity contribution is -0.129. The number of carbonyl (C=O) groups is 2. The van der Waals surface area contributed by atoms with Gasteiger partial charge in [0, 0.05) is 35.9 Å². The van der Waals surface area contributed by atoms with Crippen molar-refractivity contribution in [3.05, 3.63) is 71.4 Å². The molecule has 0 aliphatic heterocycles. The molecule has 0 saturated heterocycles. The largest absolute Gasteiger partial charge is 0.453 e. The van der Waals surface area contributed by atoms with Gasteiger partial charge in [0.1, 0.15) is 6.54 Å². The molecule has 0 spiro atoms. The monoisotopic (exact) mass is 412 g/mol. The van der Waals surface area contributed by atoms with E-state index in [0.717, 1.165) is 22.5 Å². The Kier molecular flexibility index (Phi) is 6.51. The lowest BCUT2D eigenvalue weighted by Crippen LogP contribution is -2.37. The van der Waals surface area contributed by atoms with Crippen LogP contribution in [0, 0.1) is 0 Å². The Balaban J connectivity index is 1.87. The summed E-state index contributed by atoms with van der Waals surface area (Å²) in [5.74, 6) is -0.245. The molecule has 0 unspecified atom stereocenters. The number of hydrogen-bond acceptors (Lipinski definition) is 4. The summed E-state index contributed by atoms with van der Waals surface area (Å²) in [6.07, 6.45) is 1.25. The number of nitrogens with zero attached hydrogens (tertiary/aromatic N) is 3. The van der Waals surface area contributed by atoms with Gasteiger partial charge in [-0.2, -0.15) is 5.10 Å². The first-order valence-corrected chi connectivity index (χ1v) is 9.31. The number of aromatic nitrogens is 2. The van der Waals surface area contributed by atoms with Gasteiger partial charge in [-0.25, -0.2) is 9.48 Å². The molecule has 0 atom stereocenters. The summed E-state index contributed by atoms with van der Waals surface area (Å²) in [4.78, 5) is 25.1. The number of carbonyl (C=O) groups excluding carboxylic acids is 2. The SMILES string of the molecule is COC(=O)NCC(=O)N(C)Cc1cn(-c2ccccc2)nc1-c1ccc(Cl)cc1. The minimum Gasteiger partial charge on any atom is -0.453 e. The van der Waals surface area contributed by atoms with Crippen LogP contribution in [0.5, 0.6) is 0 Å². The van der Waals surface area contributed by atoms with Gasteiger partial charge >= 0.3 is 6.09 Å². The van der Waals surface area contributed by atoms with Crippen molar-refractivity contribution in [2.45, 2.75) is 6.54 Å². The molecule has 1 aromatic heterocycles. The van der Waals surface area contributed by atoms with Gasteiger partial charge in [0.05, 0.1) is 18.5 Å². The number of para-hydroxylation sites is 1. The number of rotatable bonds is 6. The second-order valence-corrected chi connectivity index (χ2v) is 6.82. The standard InChI is InChI=1S/C21H21ClN4O3/c1-25(19(27)12-23-21(28)29-2)13-16-14-26(18-6-4-3-5-7-18)24-20(16)15-8-10-17(22)11-9-15/h3-11,14H,12-13H2,1-2H3,(H,23,28). The molecular formula is C21H21ClN4O3. The number of nitrogens with one attached hydrogen (secondary N) is 1. The second-order valence-electron chi connectivity index (χ2n) is 6.38. The molecule has 8 heteroatoms. The van der Waals surface area contributed by atoms with Crippen LogP contribution in [0.25, 0.3) is 16.9 Å². The molecule has 2 aromatic carbocycles. The van der Waals surface area contributed by atoms with Crippen LogP contribution in [0.4, 0.5) is 4.79 Å².